The van der Waals surface area contributed by atoms with Crippen molar-refractivity contribution in [2.24, 2.45) is 0 Å². The first-order valence-corrected chi connectivity index (χ1v) is 13.0. The minimum absolute atomic E-state index is 0.00608. The van der Waals surface area contributed by atoms with Crippen LogP contribution in [0.15, 0.2) is 69.1 Å². The molecular weight excluding hydrogens is 470 g/mol. The first-order chi connectivity index (χ1) is 16.6. The molecule has 0 radical (unpaired) electrons. The monoisotopic (exact) mass is 499 g/mol. The van der Waals surface area contributed by atoms with Crippen LogP contribution < -0.4 is 27.2 Å². The maximum Gasteiger partial charge on any atom is 0.330 e. The van der Waals surface area contributed by atoms with E-state index in [1.807, 2.05) is 37.3 Å². The van der Waals surface area contributed by atoms with Crippen molar-refractivity contribution in [3.8, 4) is 0 Å². The molecule has 0 aliphatic rings. The Morgan fingerprint density at radius 1 is 1.09 bits per heavy atom. The topological polar surface area (TPSA) is 147 Å². The number of aromatic amines is 1. The van der Waals surface area contributed by atoms with Crippen LogP contribution in [0.3, 0.4) is 0 Å². The number of carbonyl (C=O) groups is 1. The Hall–Kier alpha value is -3.86. The van der Waals surface area contributed by atoms with Crippen molar-refractivity contribution in [2.45, 2.75) is 37.8 Å². The standard InChI is InChI=1S/C24H29N5O5S/c1-3-4-14-29-22(25)21(23(31)27-24(29)32)28(15-17-8-6-5-7-9-17)16-20(30)26-18-10-12-19(13-11-18)35(2,33)34/h5-13H,3-4,14-16,25H2,1-2H3,(H,26,30)(H,27,31,32). The molecule has 3 rings (SSSR count). The molecule has 11 heteroatoms. The highest BCUT2D eigenvalue weighted by Crippen LogP contribution is 2.20. The van der Waals surface area contributed by atoms with Crippen molar-refractivity contribution >= 4 is 32.9 Å². The van der Waals surface area contributed by atoms with Crippen molar-refractivity contribution in [1.29, 1.82) is 0 Å². The van der Waals surface area contributed by atoms with Crippen LogP contribution in [0.25, 0.3) is 0 Å². The van der Waals surface area contributed by atoms with Gasteiger partial charge in [0.2, 0.25) is 5.91 Å². The first-order valence-electron chi connectivity index (χ1n) is 11.1. The van der Waals surface area contributed by atoms with Gasteiger partial charge in [0.05, 0.1) is 11.4 Å². The van der Waals surface area contributed by atoms with Gasteiger partial charge in [-0.25, -0.2) is 13.2 Å². The predicted molar refractivity (Wildman–Crippen MR) is 136 cm³/mol. The fourth-order valence-corrected chi connectivity index (χ4v) is 4.23. The molecule has 0 bridgehead atoms. The highest BCUT2D eigenvalue weighted by molar-refractivity contribution is 7.90. The Bertz CT molecular complexity index is 1400. The number of aromatic nitrogens is 2. The van der Waals surface area contributed by atoms with Gasteiger partial charge in [0.15, 0.2) is 9.84 Å². The zero-order chi connectivity index (χ0) is 25.6. The van der Waals surface area contributed by atoms with Gasteiger partial charge >= 0.3 is 5.69 Å². The quantitative estimate of drug-likeness (QED) is 0.386. The van der Waals surface area contributed by atoms with Crippen LogP contribution in [-0.2, 0) is 27.7 Å². The highest BCUT2D eigenvalue weighted by Gasteiger charge is 2.21. The number of anilines is 3. The van der Waals surface area contributed by atoms with Gasteiger partial charge in [-0.2, -0.15) is 0 Å². The molecule has 186 valence electrons. The van der Waals surface area contributed by atoms with E-state index < -0.39 is 27.0 Å². The van der Waals surface area contributed by atoms with E-state index in [-0.39, 0.29) is 29.5 Å². The minimum Gasteiger partial charge on any atom is -0.383 e. The van der Waals surface area contributed by atoms with Crippen LogP contribution in [0.4, 0.5) is 17.2 Å². The SMILES string of the molecule is CCCCn1c(N)c(N(CC(=O)Nc2ccc(S(C)(=O)=O)cc2)Cc2ccccc2)c(=O)[nH]c1=O. The lowest BCUT2D eigenvalue weighted by Crippen LogP contribution is -2.41. The van der Waals surface area contributed by atoms with E-state index in [0.29, 0.717) is 18.7 Å². The largest absolute Gasteiger partial charge is 0.383 e. The van der Waals surface area contributed by atoms with Crippen molar-refractivity contribution in [3.05, 3.63) is 81.0 Å². The second-order valence-electron chi connectivity index (χ2n) is 8.18. The lowest BCUT2D eigenvalue weighted by atomic mass is 10.2. The molecule has 35 heavy (non-hydrogen) atoms. The smallest absolute Gasteiger partial charge is 0.330 e. The minimum atomic E-state index is -3.36. The lowest BCUT2D eigenvalue weighted by Gasteiger charge is -2.26. The number of benzene rings is 2. The number of nitrogens with one attached hydrogen (secondary N) is 2. The van der Waals surface area contributed by atoms with Crippen LogP contribution in [0.5, 0.6) is 0 Å². The third-order valence-electron chi connectivity index (χ3n) is 5.38. The summed E-state index contributed by atoms with van der Waals surface area (Å²) in [6, 6.07) is 15.0. The molecule has 0 spiro atoms. The molecule has 10 nitrogen and oxygen atoms in total. The van der Waals surface area contributed by atoms with E-state index in [1.165, 1.54) is 33.7 Å². The molecule has 2 aromatic carbocycles. The van der Waals surface area contributed by atoms with Crippen LogP contribution in [0.1, 0.15) is 25.3 Å². The van der Waals surface area contributed by atoms with Crippen molar-refractivity contribution in [1.82, 2.24) is 9.55 Å². The van der Waals surface area contributed by atoms with Crippen LogP contribution in [-0.4, -0.2) is 36.7 Å². The summed E-state index contributed by atoms with van der Waals surface area (Å²) in [6.07, 6.45) is 2.62. The highest BCUT2D eigenvalue weighted by atomic mass is 32.2. The molecule has 1 aromatic heterocycles. The maximum atomic E-state index is 12.9. The summed E-state index contributed by atoms with van der Waals surface area (Å²) in [6.45, 7) is 2.27. The van der Waals surface area contributed by atoms with Crippen LogP contribution >= 0.6 is 0 Å². The molecule has 3 aromatic rings. The molecule has 0 saturated heterocycles. The predicted octanol–water partition coefficient (Wildman–Crippen LogP) is 1.97. The number of unbranched alkanes of at least 4 members (excludes halogenated alkanes) is 1. The molecule has 1 heterocycles. The molecule has 4 N–H and O–H groups in total. The Kier molecular flexibility index (Phi) is 8.13. The number of hydrogen-bond acceptors (Lipinski definition) is 7. The molecule has 0 aliphatic heterocycles. The van der Waals surface area contributed by atoms with Crippen molar-refractivity contribution < 1.29 is 13.2 Å². The number of sulfone groups is 1. The second kappa shape index (κ2) is 11.0. The van der Waals surface area contributed by atoms with E-state index in [4.69, 9.17) is 5.73 Å². The summed E-state index contributed by atoms with van der Waals surface area (Å²) >= 11 is 0. The van der Waals surface area contributed by atoms with Gasteiger partial charge in [0, 0.05) is 25.0 Å². The maximum absolute atomic E-state index is 12.9. The fourth-order valence-electron chi connectivity index (χ4n) is 3.60. The summed E-state index contributed by atoms with van der Waals surface area (Å²) < 4.78 is 24.6. The van der Waals surface area contributed by atoms with Crippen molar-refractivity contribution in [3.63, 3.8) is 0 Å². The number of hydrogen-bond donors (Lipinski definition) is 3. The number of carbonyl (C=O) groups excluding carboxylic acids is 1. The molecular formula is C24H29N5O5S. The third-order valence-corrected chi connectivity index (χ3v) is 6.51. The van der Waals surface area contributed by atoms with E-state index in [2.05, 4.69) is 10.3 Å². The summed E-state index contributed by atoms with van der Waals surface area (Å²) in [5, 5.41) is 2.71. The summed E-state index contributed by atoms with van der Waals surface area (Å²) in [4.78, 5) is 42.0. The zero-order valence-electron chi connectivity index (χ0n) is 19.7. The summed E-state index contributed by atoms with van der Waals surface area (Å²) in [5.41, 5.74) is 6.27. The lowest BCUT2D eigenvalue weighted by molar-refractivity contribution is -0.115. The van der Waals surface area contributed by atoms with E-state index in [1.54, 1.807) is 0 Å². The third kappa shape index (κ3) is 6.60. The number of rotatable bonds is 10. The van der Waals surface area contributed by atoms with E-state index in [0.717, 1.165) is 18.2 Å². The Labute approximate surface area is 203 Å². The average molecular weight is 500 g/mol. The number of nitrogens with zero attached hydrogens (tertiary/aromatic N) is 2. The number of H-pyrrole nitrogens is 1. The summed E-state index contributed by atoms with van der Waals surface area (Å²) in [5.74, 6) is -0.452. The van der Waals surface area contributed by atoms with Gasteiger partial charge in [0.25, 0.3) is 5.56 Å². The average Bonchev–Trinajstić information content (AvgIpc) is 2.79. The van der Waals surface area contributed by atoms with Gasteiger partial charge in [-0.05, 0) is 36.2 Å². The molecule has 0 fully saturated rings. The molecule has 0 unspecified atom stereocenters. The van der Waals surface area contributed by atoms with Crippen molar-refractivity contribution in [2.75, 3.05) is 28.8 Å². The zero-order valence-corrected chi connectivity index (χ0v) is 20.5. The van der Waals surface area contributed by atoms with E-state index in [9.17, 15) is 22.8 Å². The van der Waals surface area contributed by atoms with Gasteiger partial charge in [0.1, 0.15) is 11.5 Å². The Morgan fingerprint density at radius 3 is 2.34 bits per heavy atom. The molecule has 0 saturated carbocycles. The van der Waals surface area contributed by atoms with Gasteiger partial charge in [-0.1, -0.05) is 43.7 Å². The number of nitrogens with two attached hydrogens (primary N) is 1. The molecule has 0 atom stereocenters. The number of nitrogen functional groups attached to an aromatic ring is 1. The molecule has 0 aliphatic carbocycles. The van der Waals surface area contributed by atoms with E-state index >= 15 is 0 Å². The normalized spacial score (nSPS) is 11.3. The fraction of sp³-hybridized carbons (Fsp3) is 0.292. The second-order valence-corrected chi connectivity index (χ2v) is 10.2. The first kappa shape index (κ1) is 25.8. The van der Waals surface area contributed by atoms with Crippen LogP contribution in [0, 0.1) is 0 Å². The van der Waals surface area contributed by atoms with Crippen LogP contribution in [0.2, 0.25) is 0 Å². The van der Waals surface area contributed by atoms with Gasteiger partial charge in [-0.15, -0.1) is 0 Å². The number of amides is 1. The van der Waals surface area contributed by atoms with Gasteiger partial charge < -0.3 is 16.0 Å². The van der Waals surface area contributed by atoms with Gasteiger partial charge in [-0.3, -0.25) is 19.1 Å². The Balaban J connectivity index is 1.93. The molecule has 1 amide bonds. The summed E-state index contributed by atoms with van der Waals surface area (Å²) in [7, 11) is -3.36. The Morgan fingerprint density at radius 2 is 1.74 bits per heavy atom.